The van der Waals surface area contributed by atoms with Crippen LogP contribution < -0.4 is 5.73 Å². The SMILES string of the molecule is C#CCCCC(=O)CCC(CC)CCN. The lowest BCUT2D eigenvalue weighted by Gasteiger charge is -2.12. The molecular weight excluding hydrogens is 186 g/mol. The molecule has 0 fully saturated rings. The highest BCUT2D eigenvalue weighted by molar-refractivity contribution is 5.78. The first kappa shape index (κ1) is 14.2. The third kappa shape index (κ3) is 8.20. The molecule has 1 unspecified atom stereocenters. The third-order valence-electron chi connectivity index (χ3n) is 2.76. The van der Waals surface area contributed by atoms with Gasteiger partial charge in [0, 0.05) is 19.3 Å². The highest BCUT2D eigenvalue weighted by Crippen LogP contribution is 2.15. The van der Waals surface area contributed by atoms with E-state index >= 15 is 0 Å². The Morgan fingerprint density at radius 2 is 2.13 bits per heavy atom. The maximum atomic E-state index is 11.4. The predicted octanol–water partition coefficient (Wildman–Crippen LogP) is 2.51. The summed E-state index contributed by atoms with van der Waals surface area (Å²) in [6.07, 6.45) is 11.2. The molecule has 0 spiro atoms. The molecule has 2 nitrogen and oxygen atoms in total. The Morgan fingerprint density at radius 3 is 2.67 bits per heavy atom. The van der Waals surface area contributed by atoms with Gasteiger partial charge in [0.2, 0.25) is 0 Å². The van der Waals surface area contributed by atoms with Crippen LogP contribution in [0.3, 0.4) is 0 Å². The number of terminal acetylenes is 1. The molecule has 0 aromatic carbocycles. The summed E-state index contributed by atoms with van der Waals surface area (Å²) in [4.78, 5) is 11.4. The van der Waals surface area contributed by atoms with E-state index < -0.39 is 0 Å². The van der Waals surface area contributed by atoms with Crippen LogP contribution in [0.5, 0.6) is 0 Å². The van der Waals surface area contributed by atoms with Gasteiger partial charge < -0.3 is 5.73 Å². The van der Waals surface area contributed by atoms with Gasteiger partial charge in [-0.25, -0.2) is 0 Å². The Bertz CT molecular complexity index is 205. The van der Waals surface area contributed by atoms with Crippen LogP contribution in [0.25, 0.3) is 0 Å². The Hall–Kier alpha value is -0.810. The first-order chi connectivity index (χ1) is 7.24. The summed E-state index contributed by atoms with van der Waals surface area (Å²) in [5.74, 6) is 3.52. The van der Waals surface area contributed by atoms with E-state index in [0.717, 1.165) is 32.2 Å². The minimum absolute atomic E-state index is 0.348. The van der Waals surface area contributed by atoms with E-state index in [2.05, 4.69) is 12.8 Å². The highest BCUT2D eigenvalue weighted by Gasteiger charge is 2.08. The van der Waals surface area contributed by atoms with Crippen molar-refractivity contribution in [1.82, 2.24) is 0 Å². The van der Waals surface area contributed by atoms with E-state index in [0.29, 0.717) is 31.0 Å². The van der Waals surface area contributed by atoms with Crippen molar-refractivity contribution in [3.8, 4) is 12.3 Å². The second-order valence-electron chi connectivity index (χ2n) is 3.99. The van der Waals surface area contributed by atoms with Gasteiger partial charge in [-0.05, 0) is 31.7 Å². The Morgan fingerprint density at radius 1 is 1.40 bits per heavy atom. The van der Waals surface area contributed by atoms with Crippen LogP contribution in [0.2, 0.25) is 0 Å². The van der Waals surface area contributed by atoms with Crippen LogP contribution in [0.4, 0.5) is 0 Å². The van der Waals surface area contributed by atoms with Crippen LogP contribution in [0, 0.1) is 18.3 Å². The quantitative estimate of drug-likeness (QED) is 0.468. The fraction of sp³-hybridized carbons (Fsp3) is 0.769. The first-order valence-corrected chi connectivity index (χ1v) is 5.89. The zero-order chi connectivity index (χ0) is 11.5. The van der Waals surface area contributed by atoms with E-state index in [9.17, 15) is 4.79 Å². The van der Waals surface area contributed by atoms with Gasteiger partial charge in [0.25, 0.3) is 0 Å². The van der Waals surface area contributed by atoms with Gasteiger partial charge >= 0.3 is 0 Å². The molecule has 0 radical (unpaired) electrons. The number of ketones is 1. The summed E-state index contributed by atoms with van der Waals surface area (Å²) < 4.78 is 0. The zero-order valence-corrected chi connectivity index (χ0v) is 9.80. The predicted molar refractivity (Wildman–Crippen MR) is 64.4 cm³/mol. The van der Waals surface area contributed by atoms with Gasteiger partial charge in [-0.15, -0.1) is 12.3 Å². The van der Waals surface area contributed by atoms with Crippen LogP contribution >= 0.6 is 0 Å². The van der Waals surface area contributed by atoms with Crippen molar-refractivity contribution in [2.75, 3.05) is 6.54 Å². The minimum Gasteiger partial charge on any atom is -0.330 e. The van der Waals surface area contributed by atoms with Crippen LogP contribution in [0.1, 0.15) is 51.9 Å². The minimum atomic E-state index is 0.348. The summed E-state index contributed by atoms with van der Waals surface area (Å²) in [5.41, 5.74) is 5.50. The molecule has 0 heterocycles. The second kappa shape index (κ2) is 9.73. The number of rotatable bonds is 9. The number of carbonyl (C=O) groups is 1. The molecule has 0 rings (SSSR count). The summed E-state index contributed by atoms with van der Waals surface area (Å²) >= 11 is 0. The van der Waals surface area contributed by atoms with Gasteiger partial charge in [-0.1, -0.05) is 13.3 Å². The van der Waals surface area contributed by atoms with Crippen molar-refractivity contribution >= 4 is 5.78 Å². The van der Waals surface area contributed by atoms with Crippen LogP contribution in [0.15, 0.2) is 0 Å². The number of hydrogen-bond acceptors (Lipinski definition) is 2. The Labute approximate surface area is 93.6 Å². The molecule has 2 heteroatoms. The van der Waals surface area contributed by atoms with Crippen LogP contribution in [-0.4, -0.2) is 12.3 Å². The molecule has 15 heavy (non-hydrogen) atoms. The van der Waals surface area contributed by atoms with Gasteiger partial charge in [0.15, 0.2) is 0 Å². The Kier molecular flexibility index (Phi) is 9.21. The largest absolute Gasteiger partial charge is 0.330 e. The zero-order valence-electron chi connectivity index (χ0n) is 9.80. The smallest absolute Gasteiger partial charge is 0.132 e. The molecule has 1 atom stereocenters. The number of Topliss-reactive ketones (excluding diaryl/α,β-unsaturated/α-hetero) is 1. The summed E-state index contributed by atoms with van der Waals surface area (Å²) in [7, 11) is 0. The number of hydrogen-bond donors (Lipinski definition) is 1. The Balaban J connectivity index is 3.55. The molecule has 0 bridgehead atoms. The van der Waals surface area contributed by atoms with E-state index in [1.54, 1.807) is 0 Å². The summed E-state index contributed by atoms with van der Waals surface area (Å²) in [6.45, 7) is 2.88. The topological polar surface area (TPSA) is 43.1 Å². The van der Waals surface area contributed by atoms with Crippen molar-refractivity contribution in [2.24, 2.45) is 11.7 Å². The lowest BCUT2D eigenvalue weighted by Crippen LogP contribution is -2.10. The van der Waals surface area contributed by atoms with E-state index in [-0.39, 0.29) is 0 Å². The molecule has 0 aliphatic rings. The summed E-state index contributed by atoms with van der Waals surface area (Å²) in [5, 5.41) is 0. The molecule has 86 valence electrons. The maximum absolute atomic E-state index is 11.4. The first-order valence-electron chi connectivity index (χ1n) is 5.89. The van der Waals surface area contributed by atoms with Gasteiger partial charge in [-0.3, -0.25) is 4.79 Å². The van der Waals surface area contributed by atoms with Crippen molar-refractivity contribution in [1.29, 1.82) is 0 Å². The van der Waals surface area contributed by atoms with E-state index in [4.69, 9.17) is 12.2 Å². The second-order valence-corrected chi connectivity index (χ2v) is 3.99. The molecule has 0 amide bonds. The average Bonchev–Trinajstić information content (AvgIpc) is 2.24. The number of nitrogens with two attached hydrogens (primary N) is 1. The summed E-state index contributed by atoms with van der Waals surface area (Å²) in [6, 6.07) is 0. The standard InChI is InChI=1S/C13H23NO/c1-3-5-6-7-13(15)9-8-12(4-2)10-11-14/h1,12H,4-11,14H2,2H3. The lowest BCUT2D eigenvalue weighted by molar-refractivity contribution is -0.119. The lowest BCUT2D eigenvalue weighted by atomic mass is 9.94. The maximum Gasteiger partial charge on any atom is 0.132 e. The molecule has 0 saturated heterocycles. The van der Waals surface area contributed by atoms with Crippen LogP contribution in [-0.2, 0) is 4.79 Å². The number of carbonyl (C=O) groups excluding carboxylic acids is 1. The normalized spacial score (nSPS) is 12.1. The molecule has 0 aromatic heterocycles. The van der Waals surface area contributed by atoms with Gasteiger partial charge in [-0.2, -0.15) is 0 Å². The van der Waals surface area contributed by atoms with Crippen molar-refractivity contribution in [2.45, 2.75) is 51.9 Å². The fourth-order valence-corrected chi connectivity index (χ4v) is 1.67. The highest BCUT2D eigenvalue weighted by atomic mass is 16.1. The van der Waals surface area contributed by atoms with E-state index in [1.165, 1.54) is 0 Å². The molecular formula is C13H23NO. The third-order valence-corrected chi connectivity index (χ3v) is 2.76. The monoisotopic (exact) mass is 209 g/mol. The van der Waals surface area contributed by atoms with Gasteiger partial charge in [0.1, 0.15) is 5.78 Å². The van der Waals surface area contributed by atoms with Crippen molar-refractivity contribution in [3.63, 3.8) is 0 Å². The molecule has 2 N–H and O–H groups in total. The molecule has 0 aliphatic heterocycles. The van der Waals surface area contributed by atoms with Crippen molar-refractivity contribution in [3.05, 3.63) is 0 Å². The molecule has 0 saturated carbocycles. The van der Waals surface area contributed by atoms with Gasteiger partial charge in [0.05, 0.1) is 0 Å². The average molecular weight is 209 g/mol. The van der Waals surface area contributed by atoms with E-state index in [1.807, 2.05) is 0 Å². The fourth-order valence-electron chi connectivity index (χ4n) is 1.67. The molecule has 0 aromatic rings. The van der Waals surface area contributed by atoms with Crippen molar-refractivity contribution < 1.29 is 4.79 Å². The molecule has 0 aliphatic carbocycles. The number of unbranched alkanes of at least 4 members (excludes halogenated alkanes) is 1.